The van der Waals surface area contributed by atoms with Crippen LogP contribution < -0.4 is 14.9 Å². The smallest absolute Gasteiger partial charge is 0.338 e. The van der Waals surface area contributed by atoms with E-state index in [4.69, 9.17) is 4.74 Å². The molecule has 0 saturated heterocycles. The van der Waals surface area contributed by atoms with Gasteiger partial charge >= 0.3 is 5.97 Å². The Hall–Kier alpha value is -4.24. The van der Waals surface area contributed by atoms with E-state index in [-0.39, 0.29) is 16.7 Å². The molecule has 37 heavy (non-hydrogen) atoms. The summed E-state index contributed by atoms with van der Waals surface area (Å²) in [6.45, 7) is 1.66. The van der Waals surface area contributed by atoms with Crippen LogP contribution in [0.5, 0.6) is 0 Å². The van der Waals surface area contributed by atoms with Crippen molar-refractivity contribution in [2.24, 2.45) is 4.99 Å². The SMILES string of the molecule is CC1=C(C(=O)OCc2ccccc2)C(c2ccc(F)cc2)n2c(sc(=Cc3ccc(F)c(F)c3)c2=O)=N1. The quantitative estimate of drug-likeness (QED) is 0.367. The molecule has 0 aliphatic carbocycles. The highest BCUT2D eigenvalue weighted by atomic mass is 32.1. The van der Waals surface area contributed by atoms with E-state index in [1.54, 1.807) is 6.92 Å². The maximum Gasteiger partial charge on any atom is 0.338 e. The van der Waals surface area contributed by atoms with E-state index in [9.17, 15) is 22.8 Å². The molecule has 0 fully saturated rings. The van der Waals surface area contributed by atoms with Gasteiger partial charge in [0.2, 0.25) is 0 Å². The predicted molar refractivity (Wildman–Crippen MR) is 133 cm³/mol. The lowest BCUT2D eigenvalue weighted by atomic mass is 9.96. The molecule has 1 atom stereocenters. The highest BCUT2D eigenvalue weighted by molar-refractivity contribution is 7.07. The van der Waals surface area contributed by atoms with Crippen molar-refractivity contribution in [2.75, 3.05) is 0 Å². The van der Waals surface area contributed by atoms with E-state index in [1.807, 2.05) is 30.3 Å². The summed E-state index contributed by atoms with van der Waals surface area (Å²) in [5.41, 5.74) is 1.59. The molecule has 186 valence electrons. The van der Waals surface area contributed by atoms with Crippen molar-refractivity contribution in [1.82, 2.24) is 4.57 Å². The van der Waals surface area contributed by atoms with Gasteiger partial charge in [-0.05, 0) is 54.0 Å². The van der Waals surface area contributed by atoms with Crippen molar-refractivity contribution < 1.29 is 22.7 Å². The first-order valence-electron chi connectivity index (χ1n) is 11.3. The number of carbonyl (C=O) groups excluding carboxylic acids is 1. The van der Waals surface area contributed by atoms with Gasteiger partial charge in [-0.3, -0.25) is 9.36 Å². The number of ether oxygens (including phenoxy) is 1. The summed E-state index contributed by atoms with van der Waals surface area (Å²) in [4.78, 5) is 31.6. The zero-order chi connectivity index (χ0) is 26.1. The monoisotopic (exact) mass is 520 g/mol. The number of aromatic nitrogens is 1. The molecule has 3 aromatic carbocycles. The molecule has 2 heterocycles. The van der Waals surface area contributed by atoms with Gasteiger partial charge in [0.05, 0.1) is 21.8 Å². The second kappa shape index (κ2) is 10.0. The number of nitrogens with zero attached hydrogens (tertiary/aromatic N) is 2. The van der Waals surface area contributed by atoms with Crippen LogP contribution in [-0.4, -0.2) is 10.5 Å². The van der Waals surface area contributed by atoms with E-state index in [0.29, 0.717) is 21.6 Å². The fourth-order valence-corrected chi connectivity index (χ4v) is 5.14. The van der Waals surface area contributed by atoms with Crippen molar-refractivity contribution >= 4 is 23.4 Å². The Morgan fingerprint density at radius 3 is 2.46 bits per heavy atom. The number of halogens is 3. The summed E-state index contributed by atoms with van der Waals surface area (Å²) in [6, 6.07) is 17.0. The third kappa shape index (κ3) is 4.90. The number of thiazole rings is 1. The topological polar surface area (TPSA) is 60.7 Å². The van der Waals surface area contributed by atoms with Crippen molar-refractivity contribution in [1.29, 1.82) is 0 Å². The number of fused-ring (bicyclic) bond motifs is 1. The molecule has 0 saturated carbocycles. The van der Waals surface area contributed by atoms with Gasteiger partial charge in [-0.15, -0.1) is 0 Å². The highest BCUT2D eigenvalue weighted by Crippen LogP contribution is 2.31. The number of hydrogen-bond acceptors (Lipinski definition) is 5. The molecule has 5 nitrogen and oxygen atoms in total. The van der Waals surface area contributed by atoms with Crippen LogP contribution in [0.2, 0.25) is 0 Å². The number of benzene rings is 3. The summed E-state index contributed by atoms with van der Waals surface area (Å²) in [5, 5.41) is 0. The lowest BCUT2D eigenvalue weighted by Gasteiger charge is -2.24. The summed E-state index contributed by atoms with van der Waals surface area (Å²) in [5.74, 6) is -3.16. The Bertz CT molecular complexity index is 1710. The molecule has 0 N–H and O–H groups in total. The molecular formula is C28H19F3N2O3S. The number of rotatable bonds is 5. The molecule has 1 aromatic heterocycles. The fourth-order valence-electron chi connectivity index (χ4n) is 4.10. The van der Waals surface area contributed by atoms with E-state index >= 15 is 0 Å². The van der Waals surface area contributed by atoms with E-state index in [1.165, 1.54) is 41.0 Å². The molecular weight excluding hydrogens is 501 g/mol. The molecule has 1 aliphatic heterocycles. The Labute approximate surface area is 213 Å². The summed E-state index contributed by atoms with van der Waals surface area (Å²) < 4.78 is 47.9. The lowest BCUT2D eigenvalue weighted by Crippen LogP contribution is -2.39. The van der Waals surface area contributed by atoms with Crippen LogP contribution >= 0.6 is 11.3 Å². The van der Waals surface area contributed by atoms with Crippen LogP contribution in [0.3, 0.4) is 0 Å². The van der Waals surface area contributed by atoms with Gasteiger partial charge in [0, 0.05) is 0 Å². The fraction of sp³-hybridized carbons (Fsp3) is 0.107. The van der Waals surface area contributed by atoms with E-state index in [0.717, 1.165) is 29.0 Å². The van der Waals surface area contributed by atoms with Gasteiger partial charge in [0.25, 0.3) is 5.56 Å². The average molecular weight is 521 g/mol. The molecule has 1 unspecified atom stereocenters. The largest absolute Gasteiger partial charge is 0.457 e. The second-order valence-corrected chi connectivity index (χ2v) is 9.38. The predicted octanol–water partition coefficient (Wildman–Crippen LogP) is 4.40. The molecule has 1 aliphatic rings. The van der Waals surface area contributed by atoms with E-state index < -0.39 is 35.0 Å². The summed E-state index contributed by atoms with van der Waals surface area (Å²) >= 11 is 1.05. The first kappa shape index (κ1) is 24.5. The second-order valence-electron chi connectivity index (χ2n) is 8.37. The molecule has 5 rings (SSSR count). The van der Waals surface area contributed by atoms with Crippen LogP contribution in [-0.2, 0) is 16.1 Å². The van der Waals surface area contributed by atoms with E-state index in [2.05, 4.69) is 4.99 Å². The number of esters is 1. The van der Waals surface area contributed by atoms with Crippen LogP contribution in [0, 0.1) is 17.5 Å². The van der Waals surface area contributed by atoms with Crippen molar-refractivity contribution in [3.8, 4) is 0 Å². The summed E-state index contributed by atoms with van der Waals surface area (Å²) in [6.07, 6.45) is 1.43. The van der Waals surface area contributed by atoms with Gasteiger partial charge in [0.1, 0.15) is 12.4 Å². The Balaban J connectivity index is 1.62. The minimum absolute atomic E-state index is 0.0210. The third-order valence-electron chi connectivity index (χ3n) is 5.88. The van der Waals surface area contributed by atoms with Crippen molar-refractivity contribution in [2.45, 2.75) is 19.6 Å². The first-order valence-corrected chi connectivity index (χ1v) is 12.1. The number of allylic oxidation sites excluding steroid dienone is 1. The maximum atomic E-state index is 13.7. The molecule has 0 spiro atoms. The van der Waals surface area contributed by atoms with Gasteiger partial charge in [-0.2, -0.15) is 0 Å². The van der Waals surface area contributed by atoms with Crippen LogP contribution in [0.15, 0.2) is 93.9 Å². The van der Waals surface area contributed by atoms with Gasteiger partial charge in [-0.1, -0.05) is 59.9 Å². The minimum Gasteiger partial charge on any atom is -0.457 e. The van der Waals surface area contributed by atoms with Crippen molar-refractivity contribution in [3.05, 3.63) is 138 Å². The Kier molecular flexibility index (Phi) is 6.62. The number of hydrogen-bond donors (Lipinski definition) is 0. The summed E-state index contributed by atoms with van der Waals surface area (Å²) in [7, 11) is 0. The molecule has 0 radical (unpaired) electrons. The normalized spacial score (nSPS) is 15.4. The molecule has 0 amide bonds. The first-order chi connectivity index (χ1) is 17.8. The number of carbonyl (C=O) groups is 1. The lowest BCUT2D eigenvalue weighted by molar-refractivity contribution is -0.140. The van der Waals surface area contributed by atoms with Gasteiger partial charge in [0.15, 0.2) is 16.4 Å². The molecule has 0 bridgehead atoms. The molecule has 4 aromatic rings. The Morgan fingerprint density at radius 1 is 1.03 bits per heavy atom. The maximum absolute atomic E-state index is 13.7. The van der Waals surface area contributed by atoms with Crippen molar-refractivity contribution in [3.63, 3.8) is 0 Å². The standard InChI is InChI=1S/C28H19F3N2O3S/c1-16-24(27(35)36-15-17-5-3-2-4-6-17)25(19-8-10-20(29)11-9-19)33-26(34)23(37-28(33)32-16)14-18-7-12-21(30)22(31)13-18/h2-14,25H,15H2,1H3. The van der Waals surface area contributed by atoms with Crippen LogP contribution in [0.1, 0.15) is 29.7 Å². The zero-order valence-electron chi connectivity index (χ0n) is 19.5. The van der Waals surface area contributed by atoms with Gasteiger partial charge in [-0.25, -0.2) is 23.0 Å². The zero-order valence-corrected chi connectivity index (χ0v) is 20.3. The third-order valence-corrected chi connectivity index (χ3v) is 6.86. The van der Waals surface area contributed by atoms with Gasteiger partial charge < -0.3 is 4.74 Å². The Morgan fingerprint density at radius 2 is 1.76 bits per heavy atom. The molecule has 9 heteroatoms. The average Bonchev–Trinajstić information content (AvgIpc) is 3.19. The van der Waals surface area contributed by atoms with Crippen LogP contribution in [0.25, 0.3) is 6.08 Å². The highest BCUT2D eigenvalue weighted by Gasteiger charge is 2.33. The van der Waals surface area contributed by atoms with Crippen LogP contribution in [0.4, 0.5) is 13.2 Å². The minimum atomic E-state index is -1.04.